The Kier molecular flexibility index (Phi) is 5.91. The highest BCUT2D eigenvalue weighted by atomic mass is 16.5. The van der Waals surface area contributed by atoms with E-state index in [4.69, 9.17) is 14.2 Å². The minimum atomic E-state index is -0.347. The standard InChI is InChI=1S/C20H20N4O4/c1-26-15-6-4-5-13(11-15)7-10-18(25)21-20-22-19(23-24-20)14-8-9-16(27-2)17(12-14)28-3/h4-12H,1-3H3,(H2,21,22,23,24,25)/b10-7+. The molecule has 8 nitrogen and oxygen atoms in total. The van der Waals surface area contributed by atoms with Gasteiger partial charge in [-0.05, 0) is 42.0 Å². The molecule has 0 bridgehead atoms. The Morgan fingerprint density at radius 1 is 1.04 bits per heavy atom. The summed E-state index contributed by atoms with van der Waals surface area (Å²) in [6, 6.07) is 12.7. The van der Waals surface area contributed by atoms with Crippen molar-refractivity contribution in [3.63, 3.8) is 0 Å². The van der Waals surface area contributed by atoms with E-state index in [1.807, 2.05) is 30.3 Å². The van der Waals surface area contributed by atoms with Crippen LogP contribution in [-0.4, -0.2) is 42.4 Å². The molecule has 0 spiro atoms. The van der Waals surface area contributed by atoms with Crippen molar-refractivity contribution < 1.29 is 19.0 Å². The number of carbonyl (C=O) groups is 1. The lowest BCUT2D eigenvalue weighted by Gasteiger charge is -2.07. The summed E-state index contributed by atoms with van der Waals surface area (Å²) in [5, 5.41) is 9.43. The third-order valence-corrected chi connectivity index (χ3v) is 3.90. The van der Waals surface area contributed by atoms with E-state index in [9.17, 15) is 4.79 Å². The lowest BCUT2D eigenvalue weighted by atomic mass is 10.2. The van der Waals surface area contributed by atoms with E-state index in [1.54, 1.807) is 39.5 Å². The second-order valence-corrected chi connectivity index (χ2v) is 5.68. The van der Waals surface area contributed by atoms with Crippen molar-refractivity contribution in [3.8, 4) is 28.6 Å². The number of H-pyrrole nitrogens is 1. The quantitative estimate of drug-likeness (QED) is 0.611. The van der Waals surface area contributed by atoms with Crippen molar-refractivity contribution in [1.29, 1.82) is 0 Å². The number of ether oxygens (including phenoxy) is 3. The van der Waals surface area contributed by atoms with Crippen LogP contribution in [0.4, 0.5) is 5.95 Å². The van der Waals surface area contributed by atoms with Gasteiger partial charge in [0.1, 0.15) is 5.75 Å². The molecule has 1 amide bonds. The zero-order valence-electron chi connectivity index (χ0n) is 15.7. The highest BCUT2D eigenvalue weighted by Crippen LogP contribution is 2.31. The van der Waals surface area contributed by atoms with Crippen molar-refractivity contribution in [1.82, 2.24) is 15.2 Å². The summed E-state index contributed by atoms with van der Waals surface area (Å²) >= 11 is 0. The molecule has 1 aromatic heterocycles. The number of carbonyl (C=O) groups excluding carboxylic acids is 1. The molecule has 0 radical (unpaired) electrons. The molecule has 0 saturated heterocycles. The number of benzene rings is 2. The first-order valence-corrected chi connectivity index (χ1v) is 8.41. The van der Waals surface area contributed by atoms with Crippen LogP contribution in [0.2, 0.25) is 0 Å². The van der Waals surface area contributed by atoms with E-state index in [0.717, 1.165) is 16.9 Å². The number of rotatable bonds is 7. The normalized spacial score (nSPS) is 10.7. The zero-order valence-corrected chi connectivity index (χ0v) is 15.7. The van der Waals surface area contributed by atoms with Crippen molar-refractivity contribution in [2.45, 2.75) is 0 Å². The van der Waals surface area contributed by atoms with Crippen LogP contribution in [0.5, 0.6) is 17.2 Å². The summed E-state index contributed by atoms with van der Waals surface area (Å²) in [5.41, 5.74) is 1.59. The van der Waals surface area contributed by atoms with E-state index in [-0.39, 0.29) is 11.9 Å². The van der Waals surface area contributed by atoms with Crippen molar-refractivity contribution in [2.75, 3.05) is 26.6 Å². The summed E-state index contributed by atoms with van der Waals surface area (Å²) in [5.74, 6) is 2.22. The van der Waals surface area contributed by atoms with Crippen LogP contribution < -0.4 is 19.5 Å². The van der Waals surface area contributed by atoms with Gasteiger partial charge in [-0.3, -0.25) is 15.2 Å². The molecule has 2 aromatic carbocycles. The Bertz CT molecular complexity index is 997. The third kappa shape index (κ3) is 4.47. The van der Waals surface area contributed by atoms with E-state index in [0.29, 0.717) is 17.3 Å². The monoisotopic (exact) mass is 380 g/mol. The number of aromatic nitrogens is 3. The molecule has 144 valence electrons. The van der Waals surface area contributed by atoms with Gasteiger partial charge in [0.2, 0.25) is 5.95 Å². The number of hydrogen-bond donors (Lipinski definition) is 2. The van der Waals surface area contributed by atoms with Gasteiger partial charge < -0.3 is 14.2 Å². The highest BCUT2D eigenvalue weighted by molar-refractivity contribution is 6.01. The second-order valence-electron chi connectivity index (χ2n) is 5.68. The van der Waals surface area contributed by atoms with E-state index in [2.05, 4.69) is 20.5 Å². The largest absolute Gasteiger partial charge is 0.497 e. The summed E-state index contributed by atoms with van der Waals surface area (Å²) in [6.45, 7) is 0. The maximum atomic E-state index is 12.1. The fraction of sp³-hybridized carbons (Fsp3) is 0.150. The highest BCUT2D eigenvalue weighted by Gasteiger charge is 2.11. The molecule has 0 atom stereocenters. The molecule has 0 aliphatic carbocycles. The van der Waals surface area contributed by atoms with Gasteiger partial charge in [0, 0.05) is 11.6 Å². The minimum absolute atomic E-state index is 0.171. The molecule has 28 heavy (non-hydrogen) atoms. The minimum Gasteiger partial charge on any atom is -0.497 e. The van der Waals surface area contributed by atoms with Gasteiger partial charge >= 0.3 is 0 Å². The zero-order chi connectivity index (χ0) is 19.9. The van der Waals surface area contributed by atoms with Crippen molar-refractivity contribution in [2.24, 2.45) is 0 Å². The maximum Gasteiger partial charge on any atom is 0.250 e. The number of amides is 1. The molecule has 0 aliphatic rings. The number of aromatic amines is 1. The third-order valence-electron chi connectivity index (χ3n) is 3.90. The lowest BCUT2D eigenvalue weighted by molar-refractivity contribution is -0.111. The van der Waals surface area contributed by atoms with Crippen LogP contribution in [0.3, 0.4) is 0 Å². The fourth-order valence-corrected chi connectivity index (χ4v) is 2.50. The average molecular weight is 380 g/mol. The van der Waals surface area contributed by atoms with Crippen molar-refractivity contribution >= 4 is 17.9 Å². The molecule has 0 aliphatic heterocycles. The smallest absolute Gasteiger partial charge is 0.250 e. The molecule has 2 N–H and O–H groups in total. The molecule has 0 fully saturated rings. The van der Waals surface area contributed by atoms with E-state index < -0.39 is 0 Å². The summed E-state index contributed by atoms with van der Waals surface area (Å²) in [7, 11) is 4.72. The number of methoxy groups -OCH3 is 3. The Hall–Kier alpha value is -3.81. The predicted octanol–water partition coefficient (Wildman–Crippen LogP) is 3.15. The summed E-state index contributed by atoms with van der Waals surface area (Å²) < 4.78 is 15.7. The van der Waals surface area contributed by atoms with Crippen LogP contribution >= 0.6 is 0 Å². The number of nitrogens with one attached hydrogen (secondary N) is 2. The number of nitrogens with zero attached hydrogens (tertiary/aromatic N) is 2. The first-order chi connectivity index (χ1) is 13.6. The van der Waals surface area contributed by atoms with Gasteiger partial charge in [0.25, 0.3) is 5.91 Å². The molecule has 8 heteroatoms. The van der Waals surface area contributed by atoms with Gasteiger partial charge in [-0.15, -0.1) is 5.10 Å². The number of anilines is 1. The molecular formula is C20H20N4O4. The average Bonchev–Trinajstić information content (AvgIpc) is 3.20. The van der Waals surface area contributed by atoms with Crippen LogP contribution in [0.25, 0.3) is 17.5 Å². The summed E-state index contributed by atoms with van der Waals surface area (Å²) in [6.07, 6.45) is 3.08. The predicted molar refractivity (Wildman–Crippen MR) is 106 cm³/mol. The molecule has 1 heterocycles. The Balaban J connectivity index is 1.68. The first kappa shape index (κ1) is 19.0. The molecular weight excluding hydrogens is 360 g/mol. The lowest BCUT2D eigenvalue weighted by Crippen LogP contribution is -2.09. The second kappa shape index (κ2) is 8.72. The van der Waals surface area contributed by atoms with E-state index >= 15 is 0 Å². The van der Waals surface area contributed by atoms with Gasteiger partial charge in [0.05, 0.1) is 21.3 Å². The molecule has 3 rings (SSSR count). The molecule has 0 unspecified atom stereocenters. The van der Waals surface area contributed by atoms with Gasteiger partial charge in [-0.25, -0.2) is 0 Å². The Labute approximate surface area is 162 Å². The molecule has 3 aromatic rings. The van der Waals surface area contributed by atoms with Gasteiger partial charge in [-0.1, -0.05) is 12.1 Å². The fourth-order valence-electron chi connectivity index (χ4n) is 2.50. The SMILES string of the molecule is COc1cccc(/C=C/C(=O)Nc2n[nH]c(-c3ccc(OC)c(OC)c3)n2)c1. The van der Waals surface area contributed by atoms with E-state index in [1.165, 1.54) is 6.08 Å². The summed E-state index contributed by atoms with van der Waals surface area (Å²) in [4.78, 5) is 16.4. The van der Waals surface area contributed by atoms with Gasteiger partial charge in [-0.2, -0.15) is 4.98 Å². The topological polar surface area (TPSA) is 98.4 Å². The van der Waals surface area contributed by atoms with Crippen LogP contribution in [0, 0.1) is 0 Å². The maximum absolute atomic E-state index is 12.1. The van der Waals surface area contributed by atoms with Crippen LogP contribution in [-0.2, 0) is 4.79 Å². The van der Waals surface area contributed by atoms with Crippen molar-refractivity contribution in [3.05, 3.63) is 54.1 Å². The Morgan fingerprint density at radius 3 is 2.61 bits per heavy atom. The Morgan fingerprint density at radius 2 is 1.86 bits per heavy atom. The van der Waals surface area contributed by atoms with Crippen LogP contribution in [0.1, 0.15) is 5.56 Å². The number of hydrogen-bond acceptors (Lipinski definition) is 6. The first-order valence-electron chi connectivity index (χ1n) is 8.41. The van der Waals surface area contributed by atoms with Gasteiger partial charge in [0.15, 0.2) is 17.3 Å². The molecule has 0 saturated carbocycles. The van der Waals surface area contributed by atoms with Crippen LogP contribution in [0.15, 0.2) is 48.5 Å².